The average Bonchev–Trinajstić information content (AvgIpc) is 2.50. The quantitative estimate of drug-likeness (QED) is 0.772. The number of anilines is 1. The molecule has 1 aromatic rings. The Morgan fingerprint density at radius 1 is 1.38 bits per heavy atom. The first-order valence-corrected chi connectivity index (χ1v) is 5.88. The summed E-state index contributed by atoms with van der Waals surface area (Å²) in [5, 5.41) is 7.93. The van der Waals surface area contributed by atoms with E-state index in [1.165, 1.54) is 17.7 Å². The van der Waals surface area contributed by atoms with Crippen LogP contribution < -0.4 is 5.32 Å². The average molecular weight is 197 g/mol. The summed E-state index contributed by atoms with van der Waals surface area (Å²) in [6.07, 6.45) is 1.23. The van der Waals surface area contributed by atoms with Crippen molar-refractivity contribution in [2.75, 3.05) is 5.32 Å². The van der Waals surface area contributed by atoms with Crippen molar-refractivity contribution in [1.29, 1.82) is 0 Å². The Balaban J connectivity index is 2.54. The summed E-state index contributed by atoms with van der Waals surface area (Å²) in [7, 11) is 0. The van der Waals surface area contributed by atoms with Gasteiger partial charge in [0.25, 0.3) is 0 Å². The minimum Gasteiger partial charge on any atom is -0.381 e. The second-order valence-corrected chi connectivity index (χ2v) is 4.53. The van der Waals surface area contributed by atoms with Gasteiger partial charge in [-0.25, -0.2) is 0 Å². The van der Waals surface area contributed by atoms with Gasteiger partial charge in [0.05, 0.1) is 0 Å². The van der Waals surface area contributed by atoms with E-state index in [0.717, 1.165) is 5.92 Å². The molecular formula is C11H19NS. The highest BCUT2D eigenvalue weighted by molar-refractivity contribution is 7.08. The van der Waals surface area contributed by atoms with E-state index in [1.807, 2.05) is 0 Å². The van der Waals surface area contributed by atoms with Crippen molar-refractivity contribution in [2.24, 2.45) is 5.92 Å². The minimum absolute atomic E-state index is 0.568. The molecular weight excluding hydrogens is 178 g/mol. The third-order valence-electron chi connectivity index (χ3n) is 2.74. The minimum atomic E-state index is 0.568. The van der Waals surface area contributed by atoms with E-state index in [-0.39, 0.29) is 0 Å². The molecule has 0 spiro atoms. The van der Waals surface area contributed by atoms with Crippen LogP contribution in [0.1, 0.15) is 32.8 Å². The summed E-state index contributed by atoms with van der Waals surface area (Å²) in [6, 6.07) is 0.568. The number of rotatable bonds is 4. The van der Waals surface area contributed by atoms with Gasteiger partial charge in [-0.05, 0) is 30.7 Å². The van der Waals surface area contributed by atoms with Crippen molar-refractivity contribution in [2.45, 2.75) is 40.2 Å². The second kappa shape index (κ2) is 4.66. The van der Waals surface area contributed by atoms with Crippen LogP contribution in [0.15, 0.2) is 10.8 Å². The largest absolute Gasteiger partial charge is 0.381 e. The van der Waals surface area contributed by atoms with Crippen LogP contribution >= 0.6 is 11.3 Å². The van der Waals surface area contributed by atoms with Crippen LogP contribution in [-0.2, 0) is 0 Å². The number of thiophene rings is 1. The maximum absolute atomic E-state index is 3.55. The van der Waals surface area contributed by atoms with Crippen molar-refractivity contribution in [3.8, 4) is 0 Å². The van der Waals surface area contributed by atoms with E-state index in [1.54, 1.807) is 11.3 Å². The van der Waals surface area contributed by atoms with Crippen LogP contribution in [0.3, 0.4) is 0 Å². The molecule has 0 aliphatic carbocycles. The lowest BCUT2D eigenvalue weighted by Gasteiger charge is -2.20. The van der Waals surface area contributed by atoms with Gasteiger partial charge in [-0.3, -0.25) is 0 Å². The van der Waals surface area contributed by atoms with Crippen molar-refractivity contribution in [1.82, 2.24) is 0 Å². The molecule has 0 aliphatic heterocycles. The molecule has 1 aromatic heterocycles. The van der Waals surface area contributed by atoms with Crippen LogP contribution in [0, 0.1) is 12.8 Å². The van der Waals surface area contributed by atoms with Gasteiger partial charge < -0.3 is 5.32 Å². The van der Waals surface area contributed by atoms with E-state index in [9.17, 15) is 0 Å². The van der Waals surface area contributed by atoms with Gasteiger partial charge in [0.1, 0.15) is 0 Å². The van der Waals surface area contributed by atoms with Crippen LogP contribution in [0.5, 0.6) is 0 Å². The summed E-state index contributed by atoms with van der Waals surface area (Å²) in [4.78, 5) is 0. The number of nitrogens with one attached hydrogen (secondary N) is 1. The summed E-state index contributed by atoms with van der Waals surface area (Å²) in [5.41, 5.74) is 2.66. The maximum atomic E-state index is 3.55. The molecule has 0 fully saturated rings. The van der Waals surface area contributed by atoms with Gasteiger partial charge in [0.2, 0.25) is 0 Å². The Morgan fingerprint density at radius 3 is 2.54 bits per heavy atom. The summed E-state index contributed by atoms with van der Waals surface area (Å²) < 4.78 is 0. The zero-order chi connectivity index (χ0) is 9.84. The third-order valence-corrected chi connectivity index (χ3v) is 3.60. The first kappa shape index (κ1) is 10.6. The molecule has 2 unspecified atom stereocenters. The molecule has 0 aliphatic rings. The molecule has 0 radical (unpaired) electrons. The molecule has 1 nitrogen and oxygen atoms in total. The highest BCUT2D eigenvalue weighted by atomic mass is 32.1. The van der Waals surface area contributed by atoms with Crippen LogP contribution in [0.25, 0.3) is 0 Å². The van der Waals surface area contributed by atoms with Crippen molar-refractivity contribution < 1.29 is 0 Å². The molecule has 2 heteroatoms. The first-order valence-electron chi connectivity index (χ1n) is 4.94. The summed E-state index contributed by atoms with van der Waals surface area (Å²) in [5.74, 6) is 0.735. The molecule has 0 aromatic carbocycles. The van der Waals surface area contributed by atoms with E-state index in [2.05, 4.69) is 43.8 Å². The molecule has 2 atom stereocenters. The third kappa shape index (κ3) is 2.73. The molecule has 0 amide bonds. The van der Waals surface area contributed by atoms with Crippen molar-refractivity contribution in [3.05, 3.63) is 16.3 Å². The van der Waals surface area contributed by atoms with Crippen LogP contribution in [-0.4, -0.2) is 6.04 Å². The zero-order valence-electron chi connectivity index (χ0n) is 8.92. The maximum Gasteiger partial charge on any atom is 0.0480 e. The van der Waals surface area contributed by atoms with Crippen LogP contribution in [0.2, 0.25) is 0 Å². The SMILES string of the molecule is CCC(C)C(C)Nc1cscc1C. The number of aryl methyl sites for hydroxylation is 1. The van der Waals surface area contributed by atoms with Gasteiger partial charge in [-0.2, -0.15) is 0 Å². The smallest absolute Gasteiger partial charge is 0.0480 e. The molecule has 13 heavy (non-hydrogen) atoms. The Kier molecular flexibility index (Phi) is 3.79. The van der Waals surface area contributed by atoms with Gasteiger partial charge in [-0.15, -0.1) is 11.3 Å². The predicted octanol–water partition coefficient (Wildman–Crippen LogP) is 3.90. The second-order valence-electron chi connectivity index (χ2n) is 3.79. The Hall–Kier alpha value is -0.500. The number of hydrogen-bond acceptors (Lipinski definition) is 2. The molecule has 1 heterocycles. The molecule has 74 valence electrons. The van der Waals surface area contributed by atoms with E-state index >= 15 is 0 Å². The summed E-state index contributed by atoms with van der Waals surface area (Å²) >= 11 is 1.77. The predicted molar refractivity (Wildman–Crippen MR) is 61.6 cm³/mol. The molecule has 1 rings (SSSR count). The molecule has 0 saturated carbocycles. The van der Waals surface area contributed by atoms with Gasteiger partial charge in [0, 0.05) is 17.1 Å². The number of hydrogen-bond donors (Lipinski definition) is 1. The van der Waals surface area contributed by atoms with Crippen molar-refractivity contribution in [3.63, 3.8) is 0 Å². The lowest BCUT2D eigenvalue weighted by molar-refractivity contribution is 0.494. The van der Waals surface area contributed by atoms with Crippen molar-refractivity contribution >= 4 is 17.0 Å². The lowest BCUT2D eigenvalue weighted by atomic mass is 10.0. The Bertz CT molecular complexity index is 254. The topological polar surface area (TPSA) is 12.0 Å². The Morgan fingerprint density at radius 2 is 2.08 bits per heavy atom. The summed E-state index contributed by atoms with van der Waals surface area (Å²) in [6.45, 7) is 8.94. The lowest BCUT2D eigenvalue weighted by Crippen LogP contribution is -2.23. The highest BCUT2D eigenvalue weighted by Crippen LogP contribution is 2.22. The molecule has 1 N–H and O–H groups in total. The fraction of sp³-hybridized carbons (Fsp3) is 0.636. The fourth-order valence-electron chi connectivity index (χ4n) is 1.25. The van der Waals surface area contributed by atoms with E-state index in [4.69, 9.17) is 0 Å². The molecule has 0 bridgehead atoms. The Labute approximate surface area is 85.2 Å². The first-order chi connectivity index (χ1) is 6.15. The normalized spacial score (nSPS) is 15.4. The highest BCUT2D eigenvalue weighted by Gasteiger charge is 2.10. The van der Waals surface area contributed by atoms with E-state index in [0.29, 0.717) is 6.04 Å². The molecule has 0 saturated heterocycles. The van der Waals surface area contributed by atoms with Gasteiger partial charge in [0.15, 0.2) is 0 Å². The van der Waals surface area contributed by atoms with E-state index < -0.39 is 0 Å². The van der Waals surface area contributed by atoms with Gasteiger partial charge >= 0.3 is 0 Å². The van der Waals surface area contributed by atoms with Crippen LogP contribution in [0.4, 0.5) is 5.69 Å². The standard InChI is InChI=1S/C11H19NS/c1-5-8(2)10(4)12-11-7-13-6-9(11)3/h6-8,10,12H,5H2,1-4H3. The fourth-order valence-corrected chi connectivity index (χ4v) is 2.04. The zero-order valence-corrected chi connectivity index (χ0v) is 9.74. The monoisotopic (exact) mass is 197 g/mol. The van der Waals surface area contributed by atoms with Gasteiger partial charge in [-0.1, -0.05) is 20.3 Å².